The lowest BCUT2D eigenvalue weighted by Gasteiger charge is -2.45. The van der Waals surface area contributed by atoms with E-state index in [0.29, 0.717) is 0 Å². The fourth-order valence-electron chi connectivity index (χ4n) is 2.86. The first-order valence-corrected chi connectivity index (χ1v) is 8.05. The summed E-state index contributed by atoms with van der Waals surface area (Å²) >= 11 is 0. The van der Waals surface area contributed by atoms with E-state index in [9.17, 15) is 35.7 Å². The van der Waals surface area contributed by atoms with Gasteiger partial charge in [-0.05, 0) is 6.92 Å². The third kappa shape index (κ3) is 4.28. The van der Waals surface area contributed by atoms with Crippen LogP contribution in [0, 0.1) is 0 Å². The first-order chi connectivity index (χ1) is 11.8. The van der Waals surface area contributed by atoms with Gasteiger partial charge in [-0.2, -0.15) is 0 Å². The van der Waals surface area contributed by atoms with Crippen molar-refractivity contribution in [1.82, 2.24) is 0 Å². The summed E-state index contributed by atoms with van der Waals surface area (Å²) in [5.74, 6) is 0. The largest absolute Gasteiger partial charge is 0.394 e. The van der Waals surface area contributed by atoms with Gasteiger partial charge in [0, 0.05) is 6.61 Å². The summed E-state index contributed by atoms with van der Waals surface area (Å²) in [4.78, 5) is 0. The van der Waals surface area contributed by atoms with Crippen molar-refractivity contribution in [3.63, 3.8) is 0 Å². The molecule has 0 saturated carbocycles. The van der Waals surface area contributed by atoms with Crippen molar-refractivity contribution < 1.29 is 54.7 Å². The van der Waals surface area contributed by atoms with Crippen molar-refractivity contribution in [3.05, 3.63) is 0 Å². The molecule has 0 radical (unpaired) electrons. The summed E-state index contributed by atoms with van der Waals surface area (Å²) in [6.07, 6.45) is -14.3. The highest BCUT2D eigenvalue weighted by molar-refractivity contribution is 4.93. The maximum Gasteiger partial charge on any atom is 0.187 e. The molecule has 0 aliphatic carbocycles. The van der Waals surface area contributed by atoms with Crippen molar-refractivity contribution >= 4 is 0 Å². The zero-order chi connectivity index (χ0) is 18.7. The van der Waals surface area contributed by atoms with Gasteiger partial charge in [0.1, 0.15) is 48.8 Å². The second-order valence-corrected chi connectivity index (χ2v) is 5.96. The molecular weight excluding hydrogens is 344 g/mol. The summed E-state index contributed by atoms with van der Waals surface area (Å²) in [5.41, 5.74) is 0. The van der Waals surface area contributed by atoms with Crippen LogP contribution in [0.3, 0.4) is 0 Å². The van der Waals surface area contributed by atoms with Crippen LogP contribution in [0.5, 0.6) is 0 Å². The minimum Gasteiger partial charge on any atom is -0.394 e. The van der Waals surface area contributed by atoms with Crippen molar-refractivity contribution in [3.8, 4) is 0 Å². The summed E-state index contributed by atoms with van der Waals surface area (Å²) in [7, 11) is 0. The second kappa shape index (κ2) is 8.97. The number of aliphatic hydroxyl groups excluding tert-OH is 7. The molecule has 148 valence electrons. The topological polar surface area (TPSA) is 179 Å². The van der Waals surface area contributed by atoms with E-state index in [-0.39, 0.29) is 6.61 Å². The van der Waals surface area contributed by atoms with Crippen LogP contribution in [0.15, 0.2) is 0 Å². The first kappa shape index (κ1) is 20.9. The van der Waals surface area contributed by atoms with E-state index in [2.05, 4.69) is 0 Å². The Morgan fingerprint density at radius 1 is 0.720 bits per heavy atom. The fourth-order valence-corrected chi connectivity index (χ4v) is 2.86. The quantitative estimate of drug-likeness (QED) is 0.240. The highest BCUT2D eigenvalue weighted by Gasteiger charge is 2.50. The Hall–Kier alpha value is -0.440. The highest BCUT2D eigenvalue weighted by atomic mass is 16.7. The minimum atomic E-state index is -1.69. The fraction of sp³-hybridized carbons (Fsp3) is 1.00. The highest BCUT2D eigenvalue weighted by Crippen LogP contribution is 2.29. The number of aliphatic hydroxyl groups is 7. The van der Waals surface area contributed by atoms with Crippen LogP contribution < -0.4 is 0 Å². The Morgan fingerprint density at radius 3 is 1.84 bits per heavy atom. The predicted molar refractivity (Wildman–Crippen MR) is 78.0 cm³/mol. The number of hydrogen-bond acceptors (Lipinski definition) is 11. The Morgan fingerprint density at radius 2 is 1.28 bits per heavy atom. The van der Waals surface area contributed by atoms with Crippen LogP contribution in [-0.4, -0.2) is 117 Å². The van der Waals surface area contributed by atoms with Crippen LogP contribution in [-0.2, 0) is 18.9 Å². The van der Waals surface area contributed by atoms with E-state index in [1.165, 1.54) is 0 Å². The zero-order valence-electron chi connectivity index (χ0n) is 13.7. The van der Waals surface area contributed by atoms with Crippen molar-refractivity contribution in [2.75, 3.05) is 19.8 Å². The van der Waals surface area contributed by atoms with Gasteiger partial charge in [0.2, 0.25) is 0 Å². The molecule has 0 bridgehead atoms. The Bertz CT molecular complexity index is 406. The van der Waals surface area contributed by atoms with Crippen molar-refractivity contribution in [2.45, 2.75) is 68.3 Å². The summed E-state index contributed by atoms with van der Waals surface area (Å²) in [6, 6.07) is 0. The van der Waals surface area contributed by atoms with E-state index < -0.39 is 74.6 Å². The second-order valence-electron chi connectivity index (χ2n) is 5.96. The van der Waals surface area contributed by atoms with E-state index in [1.54, 1.807) is 6.92 Å². The van der Waals surface area contributed by atoms with Gasteiger partial charge in [-0.15, -0.1) is 0 Å². The molecule has 2 aliphatic rings. The minimum absolute atomic E-state index is 0.199. The molecule has 11 nitrogen and oxygen atoms in total. The molecule has 11 heteroatoms. The van der Waals surface area contributed by atoms with E-state index >= 15 is 0 Å². The van der Waals surface area contributed by atoms with Crippen molar-refractivity contribution in [2.24, 2.45) is 0 Å². The molecule has 0 aromatic heterocycles. The normalized spacial score (nSPS) is 48.5. The zero-order valence-corrected chi connectivity index (χ0v) is 13.7. The van der Waals surface area contributed by atoms with Gasteiger partial charge in [-0.1, -0.05) is 0 Å². The van der Waals surface area contributed by atoms with Crippen LogP contribution in [0.25, 0.3) is 0 Å². The lowest BCUT2D eigenvalue weighted by atomic mass is 9.97. The lowest BCUT2D eigenvalue weighted by Crippen LogP contribution is -2.64. The number of ether oxygens (including phenoxy) is 4. The van der Waals surface area contributed by atoms with E-state index in [1.807, 2.05) is 0 Å². The summed E-state index contributed by atoms with van der Waals surface area (Å²) in [5, 5.41) is 68.4. The molecule has 0 amide bonds. The average molecular weight is 370 g/mol. The molecule has 25 heavy (non-hydrogen) atoms. The number of hydrogen-bond donors (Lipinski definition) is 7. The third-order valence-electron chi connectivity index (χ3n) is 4.29. The van der Waals surface area contributed by atoms with E-state index in [4.69, 9.17) is 18.9 Å². The van der Waals surface area contributed by atoms with Gasteiger partial charge in [-0.25, -0.2) is 0 Å². The van der Waals surface area contributed by atoms with Gasteiger partial charge >= 0.3 is 0 Å². The molecule has 2 heterocycles. The Balaban J connectivity index is 2.11. The molecular formula is C14H26O11. The Labute approximate surface area is 143 Å². The standard InChI is InChI=1S/C14H26O11/c1-2-22-13-11(21)9(19)12(6(4-16)24-13)25-14-10(20)8(18)7(17)5(3-15)23-14/h5-21H,2-4H2,1H3/t5-,6+,7+,8-,9+,10-,11+,12+,13+,14+/m0/s1. The first-order valence-electron chi connectivity index (χ1n) is 8.05. The molecule has 2 fully saturated rings. The average Bonchev–Trinajstić information content (AvgIpc) is 2.61. The molecule has 0 aromatic carbocycles. The SMILES string of the molecule is CCO[C@@H]1O[C@H](CO)[C@@H](O[C@H]2O[C@@H](CO)[C@@H](O)[C@H](O)[C@@H]2O)[C@H](O)[C@H]1O. The van der Waals surface area contributed by atoms with Crippen LogP contribution in [0.2, 0.25) is 0 Å². The molecule has 2 aliphatic heterocycles. The van der Waals surface area contributed by atoms with Crippen molar-refractivity contribution in [1.29, 1.82) is 0 Å². The molecule has 7 N–H and O–H groups in total. The van der Waals surface area contributed by atoms with Gasteiger partial charge in [0.25, 0.3) is 0 Å². The smallest absolute Gasteiger partial charge is 0.187 e. The van der Waals surface area contributed by atoms with Gasteiger partial charge < -0.3 is 54.7 Å². The maximum atomic E-state index is 10.2. The summed E-state index contributed by atoms with van der Waals surface area (Å²) < 4.78 is 21.1. The lowest BCUT2D eigenvalue weighted by molar-refractivity contribution is -0.359. The number of rotatable bonds is 6. The summed E-state index contributed by atoms with van der Waals surface area (Å²) in [6.45, 7) is 0.625. The molecule has 2 saturated heterocycles. The molecule has 2 rings (SSSR count). The molecule has 0 aromatic rings. The van der Waals surface area contributed by atoms with Gasteiger partial charge in [0.05, 0.1) is 13.2 Å². The van der Waals surface area contributed by atoms with E-state index in [0.717, 1.165) is 0 Å². The maximum absolute atomic E-state index is 10.2. The van der Waals surface area contributed by atoms with Crippen LogP contribution in [0.4, 0.5) is 0 Å². The monoisotopic (exact) mass is 370 g/mol. The van der Waals surface area contributed by atoms with Gasteiger partial charge in [-0.3, -0.25) is 0 Å². The van der Waals surface area contributed by atoms with Crippen LogP contribution in [0.1, 0.15) is 6.92 Å². The molecule has 10 atom stereocenters. The molecule has 0 spiro atoms. The predicted octanol–water partition coefficient (Wildman–Crippen LogP) is -4.35. The Kier molecular flexibility index (Phi) is 7.49. The molecule has 0 unspecified atom stereocenters. The van der Waals surface area contributed by atoms with Crippen LogP contribution >= 0.6 is 0 Å². The van der Waals surface area contributed by atoms with Gasteiger partial charge in [0.15, 0.2) is 12.6 Å². The third-order valence-corrected chi connectivity index (χ3v) is 4.29.